The Balaban J connectivity index is 1.49. The van der Waals surface area contributed by atoms with Gasteiger partial charge in [-0.25, -0.2) is 9.38 Å². The minimum absolute atomic E-state index is 0.210. The Kier molecular flexibility index (Phi) is 5.91. The highest BCUT2D eigenvalue weighted by molar-refractivity contribution is 8.18. The number of carbonyl (C=O) groups is 1. The third-order valence-corrected chi connectivity index (χ3v) is 6.04. The first-order valence-electron chi connectivity index (χ1n) is 10.4. The number of amidine groups is 1. The number of ether oxygens (including phenoxy) is 1. The van der Waals surface area contributed by atoms with Crippen LogP contribution in [0.4, 0.5) is 10.1 Å². The molecule has 1 amide bonds. The van der Waals surface area contributed by atoms with Crippen molar-refractivity contribution >= 4 is 45.4 Å². The van der Waals surface area contributed by atoms with Gasteiger partial charge in [-0.05, 0) is 64.5 Å². The van der Waals surface area contributed by atoms with E-state index in [9.17, 15) is 9.18 Å². The van der Waals surface area contributed by atoms with Crippen LogP contribution in [0.15, 0.2) is 101 Å². The molecule has 1 aliphatic rings. The zero-order valence-electron chi connectivity index (χ0n) is 17.5. The number of aliphatic imine (C=N–C) groups is 1. The first-order valence-corrected chi connectivity index (χ1v) is 11.2. The molecule has 0 atom stereocenters. The lowest BCUT2D eigenvalue weighted by molar-refractivity contribution is -0.115. The number of rotatable bonds is 5. The normalized spacial score (nSPS) is 15.8. The molecular weight excluding hydrogens is 435 g/mol. The lowest BCUT2D eigenvalue weighted by Crippen LogP contribution is -2.19. The number of hydrogen-bond acceptors (Lipinski definition) is 4. The molecule has 1 heterocycles. The molecule has 5 rings (SSSR count). The van der Waals surface area contributed by atoms with Crippen molar-refractivity contribution in [2.75, 3.05) is 0 Å². The van der Waals surface area contributed by atoms with Gasteiger partial charge in [-0.1, -0.05) is 60.7 Å². The lowest BCUT2D eigenvalue weighted by Gasteiger charge is -2.13. The van der Waals surface area contributed by atoms with Gasteiger partial charge in [0, 0.05) is 5.56 Å². The molecule has 33 heavy (non-hydrogen) atoms. The number of halogens is 1. The molecule has 1 N–H and O–H groups in total. The van der Waals surface area contributed by atoms with Crippen molar-refractivity contribution < 1.29 is 13.9 Å². The summed E-state index contributed by atoms with van der Waals surface area (Å²) in [4.78, 5) is 17.7. The van der Waals surface area contributed by atoms with Crippen LogP contribution < -0.4 is 10.1 Å². The summed E-state index contributed by atoms with van der Waals surface area (Å²) in [6, 6.07) is 27.6. The third-order valence-electron chi connectivity index (χ3n) is 5.13. The van der Waals surface area contributed by atoms with Crippen LogP contribution in [0, 0.1) is 5.82 Å². The van der Waals surface area contributed by atoms with Crippen molar-refractivity contribution in [3.05, 3.63) is 113 Å². The van der Waals surface area contributed by atoms with E-state index in [0.29, 0.717) is 15.8 Å². The van der Waals surface area contributed by atoms with E-state index in [4.69, 9.17) is 4.74 Å². The molecule has 0 spiro atoms. The fourth-order valence-electron chi connectivity index (χ4n) is 3.57. The second-order valence-corrected chi connectivity index (χ2v) is 8.47. The molecule has 4 nitrogen and oxygen atoms in total. The highest BCUT2D eigenvalue weighted by atomic mass is 32.2. The monoisotopic (exact) mass is 454 g/mol. The Labute approximate surface area is 194 Å². The number of thioether (sulfide) groups is 1. The third kappa shape index (κ3) is 4.81. The Morgan fingerprint density at radius 1 is 0.939 bits per heavy atom. The molecule has 0 saturated carbocycles. The summed E-state index contributed by atoms with van der Waals surface area (Å²) in [5.74, 6) is 0.104. The van der Waals surface area contributed by atoms with Gasteiger partial charge in [-0.15, -0.1) is 0 Å². The maximum absolute atomic E-state index is 13.6. The van der Waals surface area contributed by atoms with Crippen LogP contribution in [-0.2, 0) is 11.4 Å². The number of benzene rings is 4. The van der Waals surface area contributed by atoms with E-state index >= 15 is 0 Å². The highest BCUT2D eigenvalue weighted by Crippen LogP contribution is 2.35. The molecule has 1 aliphatic heterocycles. The van der Waals surface area contributed by atoms with Gasteiger partial charge in [0.1, 0.15) is 18.2 Å². The summed E-state index contributed by atoms with van der Waals surface area (Å²) < 4.78 is 19.6. The van der Waals surface area contributed by atoms with E-state index in [1.54, 1.807) is 6.07 Å². The van der Waals surface area contributed by atoms with Crippen molar-refractivity contribution in [2.45, 2.75) is 6.61 Å². The van der Waals surface area contributed by atoms with Crippen LogP contribution in [0.3, 0.4) is 0 Å². The Morgan fingerprint density at radius 2 is 1.76 bits per heavy atom. The number of fused-ring (bicyclic) bond motifs is 1. The molecular formula is C27H19FN2O2S. The van der Waals surface area contributed by atoms with E-state index in [2.05, 4.69) is 10.3 Å². The molecule has 4 aromatic carbocycles. The van der Waals surface area contributed by atoms with Crippen LogP contribution in [0.25, 0.3) is 16.8 Å². The first kappa shape index (κ1) is 21.0. The van der Waals surface area contributed by atoms with Crippen LogP contribution in [0.5, 0.6) is 5.75 Å². The van der Waals surface area contributed by atoms with E-state index in [0.717, 1.165) is 27.6 Å². The quantitative estimate of drug-likeness (QED) is 0.353. The predicted octanol–water partition coefficient (Wildman–Crippen LogP) is 6.45. The molecule has 0 radical (unpaired) electrons. The van der Waals surface area contributed by atoms with Gasteiger partial charge < -0.3 is 10.1 Å². The average molecular weight is 455 g/mol. The molecule has 0 aromatic heterocycles. The second-order valence-electron chi connectivity index (χ2n) is 7.43. The fourth-order valence-corrected chi connectivity index (χ4v) is 4.39. The SMILES string of the molecule is O=C1NC(=Nc2ccccc2)SC1=Cc1c(OCc2cccc(F)c2)ccc2ccccc12. The number of para-hydroxylation sites is 1. The number of nitrogens with zero attached hydrogens (tertiary/aromatic N) is 1. The summed E-state index contributed by atoms with van der Waals surface area (Å²) >= 11 is 1.29. The van der Waals surface area contributed by atoms with Crippen LogP contribution >= 0.6 is 11.8 Å². The first-order chi connectivity index (χ1) is 16.2. The van der Waals surface area contributed by atoms with Gasteiger partial charge in [-0.3, -0.25) is 4.79 Å². The Bertz CT molecular complexity index is 1400. The van der Waals surface area contributed by atoms with Gasteiger partial charge in [0.05, 0.1) is 10.6 Å². The average Bonchev–Trinajstić information content (AvgIpc) is 3.17. The fraction of sp³-hybridized carbons (Fsp3) is 0.0370. The van der Waals surface area contributed by atoms with Crippen molar-refractivity contribution in [3.8, 4) is 5.75 Å². The van der Waals surface area contributed by atoms with Gasteiger partial charge in [-0.2, -0.15) is 0 Å². The molecule has 6 heteroatoms. The number of hydrogen-bond donors (Lipinski definition) is 1. The lowest BCUT2D eigenvalue weighted by atomic mass is 10.0. The summed E-state index contributed by atoms with van der Waals surface area (Å²) in [7, 11) is 0. The van der Waals surface area contributed by atoms with E-state index < -0.39 is 0 Å². The number of nitrogens with one attached hydrogen (secondary N) is 1. The summed E-state index contributed by atoms with van der Waals surface area (Å²) in [5, 5.41) is 5.35. The van der Waals surface area contributed by atoms with Gasteiger partial charge in [0.15, 0.2) is 5.17 Å². The molecule has 0 aliphatic carbocycles. The van der Waals surface area contributed by atoms with E-state index in [-0.39, 0.29) is 18.3 Å². The molecule has 0 unspecified atom stereocenters. The summed E-state index contributed by atoms with van der Waals surface area (Å²) in [6.45, 7) is 0.215. The molecule has 1 saturated heterocycles. The van der Waals surface area contributed by atoms with Gasteiger partial charge >= 0.3 is 0 Å². The largest absolute Gasteiger partial charge is 0.488 e. The van der Waals surface area contributed by atoms with E-state index in [1.807, 2.05) is 78.9 Å². The smallest absolute Gasteiger partial charge is 0.264 e. The van der Waals surface area contributed by atoms with Crippen LogP contribution in [0.2, 0.25) is 0 Å². The van der Waals surface area contributed by atoms with Gasteiger partial charge in [0.25, 0.3) is 5.91 Å². The minimum Gasteiger partial charge on any atom is -0.488 e. The molecule has 4 aromatic rings. The maximum atomic E-state index is 13.6. The Hall–Kier alpha value is -3.90. The van der Waals surface area contributed by atoms with Crippen molar-refractivity contribution in [1.29, 1.82) is 0 Å². The van der Waals surface area contributed by atoms with Crippen LogP contribution in [0.1, 0.15) is 11.1 Å². The Morgan fingerprint density at radius 3 is 2.61 bits per heavy atom. The highest BCUT2D eigenvalue weighted by Gasteiger charge is 2.24. The van der Waals surface area contributed by atoms with E-state index in [1.165, 1.54) is 23.9 Å². The maximum Gasteiger partial charge on any atom is 0.264 e. The zero-order valence-corrected chi connectivity index (χ0v) is 18.3. The molecule has 162 valence electrons. The standard InChI is InChI=1S/C27H19FN2O2S/c28-20-9-6-7-18(15-20)17-32-24-14-13-19-8-4-5-12-22(19)23(24)16-25-26(31)30-27(33-25)29-21-10-2-1-3-11-21/h1-16H,17H2,(H,29,30,31). The van der Waals surface area contributed by atoms with Gasteiger partial charge in [0.2, 0.25) is 0 Å². The van der Waals surface area contributed by atoms with Crippen LogP contribution in [-0.4, -0.2) is 11.1 Å². The molecule has 0 bridgehead atoms. The predicted molar refractivity (Wildman–Crippen MR) is 132 cm³/mol. The van der Waals surface area contributed by atoms with Crippen molar-refractivity contribution in [2.24, 2.45) is 4.99 Å². The topological polar surface area (TPSA) is 50.7 Å². The molecule has 1 fully saturated rings. The van der Waals surface area contributed by atoms with Crippen molar-refractivity contribution in [1.82, 2.24) is 5.32 Å². The zero-order chi connectivity index (χ0) is 22.6. The second kappa shape index (κ2) is 9.30. The summed E-state index contributed by atoms with van der Waals surface area (Å²) in [5.41, 5.74) is 2.29. The number of carbonyl (C=O) groups excluding carboxylic acids is 1. The number of amides is 1. The van der Waals surface area contributed by atoms with Crippen molar-refractivity contribution in [3.63, 3.8) is 0 Å². The minimum atomic E-state index is -0.304. The summed E-state index contributed by atoms with van der Waals surface area (Å²) in [6.07, 6.45) is 1.83.